The molecule has 2 rings (SSSR count). The van der Waals surface area contributed by atoms with Crippen molar-refractivity contribution in [3.8, 4) is 11.5 Å². The Morgan fingerprint density at radius 2 is 1.84 bits per heavy atom. The third-order valence-electron chi connectivity index (χ3n) is 3.42. The van der Waals surface area contributed by atoms with Crippen LogP contribution in [0.4, 0.5) is 5.69 Å². The molecule has 6 heteroatoms. The highest BCUT2D eigenvalue weighted by Crippen LogP contribution is 2.18. The van der Waals surface area contributed by atoms with Crippen molar-refractivity contribution < 1.29 is 24.2 Å². The number of rotatable bonds is 8. The van der Waals surface area contributed by atoms with Gasteiger partial charge in [-0.2, -0.15) is 0 Å². The smallest absolute Gasteiger partial charge is 0.341 e. The number of aryl methyl sites for hydroxylation is 1. The zero-order chi connectivity index (χ0) is 18.2. The Kier molecular flexibility index (Phi) is 6.39. The van der Waals surface area contributed by atoms with Crippen LogP contribution in [0, 0.1) is 6.92 Å². The Morgan fingerprint density at radius 3 is 2.44 bits per heavy atom. The molecule has 132 valence electrons. The number of nitrogens with one attached hydrogen (secondary N) is 1. The van der Waals surface area contributed by atoms with E-state index in [9.17, 15) is 9.59 Å². The van der Waals surface area contributed by atoms with Gasteiger partial charge in [-0.3, -0.25) is 4.79 Å². The fourth-order valence-electron chi connectivity index (χ4n) is 2.18. The van der Waals surface area contributed by atoms with E-state index in [0.29, 0.717) is 23.6 Å². The molecule has 0 aliphatic carbocycles. The van der Waals surface area contributed by atoms with Gasteiger partial charge < -0.3 is 19.9 Å². The molecule has 0 spiro atoms. The molecule has 1 unspecified atom stereocenters. The summed E-state index contributed by atoms with van der Waals surface area (Å²) in [6.45, 7) is 3.43. The van der Waals surface area contributed by atoms with Crippen molar-refractivity contribution in [1.29, 1.82) is 0 Å². The lowest BCUT2D eigenvalue weighted by Gasteiger charge is -2.17. The number of carboxylic acids is 1. The van der Waals surface area contributed by atoms with E-state index < -0.39 is 18.7 Å². The molecule has 6 nitrogen and oxygen atoms in total. The van der Waals surface area contributed by atoms with Crippen LogP contribution in [-0.4, -0.2) is 29.7 Å². The van der Waals surface area contributed by atoms with E-state index in [2.05, 4.69) is 5.32 Å². The van der Waals surface area contributed by atoms with Gasteiger partial charge in [-0.25, -0.2) is 4.79 Å². The molecule has 0 fully saturated rings. The van der Waals surface area contributed by atoms with Crippen molar-refractivity contribution in [3.63, 3.8) is 0 Å². The minimum absolute atomic E-state index is 0.247. The van der Waals surface area contributed by atoms with E-state index in [0.717, 1.165) is 5.56 Å². The molecule has 0 bridgehead atoms. The first-order valence-corrected chi connectivity index (χ1v) is 7.96. The normalized spacial score (nSPS) is 11.4. The van der Waals surface area contributed by atoms with Crippen molar-refractivity contribution in [1.82, 2.24) is 0 Å². The lowest BCUT2D eigenvalue weighted by Crippen LogP contribution is -2.32. The molecule has 1 amide bonds. The molecule has 2 aromatic rings. The molecule has 0 aromatic heterocycles. The third-order valence-corrected chi connectivity index (χ3v) is 3.42. The van der Waals surface area contributed by atoms with Crippen LogP contribution < -0.4 is 14.8 Å². The summed E-state index contributed by atoms with van der Waals surface area (Å²) in [5.41, 5.74) is 1.64. The van der Waals surface area contributed by atoms with E-state index in [1.165, 1.54) is 0 Å². The van der Waals surface area contributed by atoms with E-state index in [1.54, 1.807) is 24.3 Å². The van der Waals surface area contributed by atoms with Gasteiger partial charge in [0.15, 0.2) is 12.7 Å². The fourth-order valence-corrected chi connectivity index (χ4v) is 2.18. The minimum Gasteiger partial charge on any atom is -0.482 e. The summed E-state index contributed by atoms with van der Waals surface area (Å²) in [7, 11) is 0. The van der Waals surface area contributed by atoms with Crippen LogP contribution in [-0.2, 0) is 9.59 Å². The van der Waals surface area contributed by atoms with E-state index in [-0.39, 0.29) is 5.91 Å². The number of ether oxygens (including phenoxy) is 2. The van der Waals surface area contributed by atoms with Gasteiger partial charge in [0.25, 0.3) is 5.91 Å². The fraction of sp³-hybridized carbons (Fsp3) is 0.263. The molecule has 0 saturated carbocycles. The van der Waals surface area contributed by atoms with Gasteiger partial charge in [-0.15, -0.1) is 0 Å². The van der Waals surface area contributed by atoms with Crippen molar-refractivity contribution in [2.45, 2.75) is 26.4 Å². The Labute approximate surface area is 146 Å². The Morgan fingerprint density at radius 1 is 1.12 bits per heavy atom. The third kappa shape index (κ3) is 5.84. The molecule has 0 aliphatic heterocycles. The van der Waals surface area contributed by atoms with Crippen molar-refractivity contribution in [2.24, 2.45) is 0 Å². The Hall–Kier alpha value is -3.02. The second-order valence-corrected chi connectivity index (χ2v) is 5.53. The molecular weight excluding hydrogens is 322 g/mol. The topological polar surface area (TPSA) is 84.9 Å². The van der Waals surface area contributed by atoms with Crippen LogP contribution in [0.1, 0.15) is 18.9 Å². The van der Waals surface area contributed by atoms with Gasteiger partial charge >= 0.3 is 5.97 Å². The first kappa shape index (κ1) is 18.3. The van der Waals surface area contributed by atoms with Gasteiger partial charge in [0.1, 0.15) is 11.5 Å². The average Bonchev–Trinajstić information content (AvgIpc) is 2.59. The molecule has 0 radical (unpaired) electrons. The highest BCUT2D eigenvalue weighted by molar-refractivity contribution is 5.94. The Bertz CT molecular complexity index is 727. The largest absolute Gasteiger partial charge is 0.482 e. The van der Waals surface area contributed by atoms with Crippen LogP contribution >= 0.6 is 0 Å². The van der Waals surface area contributed by atoms with Crippen LogP contribution in [0.5, 0.6) is 11.5 Å². The van der Waals surface area contributed by atoms with Crippen LogP contribution in [0.2, 0.25) is 0 Å². The number of aliphatic carboxylic acids is 1. The minimum atomic E-state index is -1.04. The maximum Gasteiger partial charge on any atom is 0.341 e. The molecular formula is C19H21NO5. The molecule has 1 atom stereocenters. The van der Waals surface area contributed by atoms with E-state index in [1.807, 2.05) is 38.1 Å². The lowest BCUT2D eigenvalue weighted by molar-refractivity contribution is -0.139. The summed E-state index contributed by atoms with van der Waals surface area (Å²) in [5, 5.41) is 11.4. The highest BCUT2D eigenvalue weighted by atomic mass is 16.5. The number of benzene rings is 2. The average molecular weight is 343 g/mol. The zero-order valence-electron chi connectivity index (χ0n) is 14.2. The molecule has 0 heterocycles. The first-order valence-electron chi connectivity index (χ1n) is 7.96. The molecule has 0 aliphatic rings. The summed E-state index contributed by atoms with van der Waals surface area (Å²) in [6.07, 6.45) is -0.0794. The van der Waals surface area contributed by atoms with E-state index in [4.69, 9.17) is 14.6 Å². The summed E-state index contributed by atoms with van der Waals surface area (Å²) >= 11 is 0. The van der Waals surface area contributed by atoms with Crippen molar-refractivity contribution in [2.75, 3.05) is 11.9 Å². The second-order valence-electron chi connectivity index (χ2n) is 5.53. The monoisotopic (exact) mass is 343 g/mol. The van der Waals surface area contributed by atoms with Gasteiger partial charge in [0, 0.05) is 5.69 Å². The van der Waals surface area contributed by atoms with Crippen molar-refractivity contribution in [3.05, 3.63) is 54.1 Å². The Balaban J connectivity index is 1.95. The maximum absolute atomic E-state index is 12.4. The van der Waals surface area contributed by atoms with Gasteiger partial charge in [-0.05, 0) is 55.3 Å². The molecule has 0 saturated heterocycles. The number of carbonyl (C=O) groups is 2. The quantitative estimate of drug-likeness (QED) is 0.768. The number of carboxylic acid groups (broad SMARTS) is 1. The summed E-state index contributed by atoms with van der Waals surface area (Å²) in [6, 6.07) is 14.0. The predicted molar refractivity (Wildman–Crippen MR) is 94.1 cm³/mol. The number of hydrogen-bond donors (Lipinski definition) is 2. The standard InChI is InChI=1S/C19H21NO5/c1-3-17(25-16-6-4-5-13(2)11-16)19(23)20-14-7-9-15(10-8-14)24-12-18(21)22/h4-11,17H,3,12H2,1-2H3,(H,20,23)(H,21,22). The van der Waals surface area contributed by atoms with Crippen LogP contribution in [0.3, 0.4) is 0 Å². The number of anilines is 1. The van der Waals surface area contributed by atoms with E-state index >= 15 is 0 Å². The van der Waals surface area contributed by atoms with Gasteiger partial charge in [0.05, 0.1) is 0 Å². The maximum atomic E-state index is 12.4. The van der Waals surface area contributed by atoms with Gasteiger partial charge in [-0.1, -0.05) is 19.1 Å². The van der Waals surface area contributed by atoms with Crippen molar-refractivity contribution >= 4 is 17.6 Å². The number of amides is 1. The molecule has 2 aromatic carbocycles. The molecule has 25 heavy (non-hydrogen) atoms. The predicted octanol–water partition coefficient (Wildman–Crippen LogP) is 3.25. The van der Waals surface area contributed by atoms with Gasteiger partial charge in [0.2, 0.25) is 0 Å². The first-order chi connectivity index (χ1) is 12.0. The lowest BCUT2D eigenvalue weighted by atomic mass is 10.2. The number of carbonyl (C=O) groups excluding carboxylic acids is 1. The SMILES string of the molecule is CCC(Oc1cccc(C)c1)C(=O)Nc1ccc(OCC(=O)O)cc1. The zero-order valence-corrected chi connectivity index (χ0v) is 14.2. The molecule has 2 N–H and O–H groups in total. The van der Waals surface area contributed by atoms with Crippen LogP contribution in [0.15, 0.2) is 48.5 Å². The summed E-state index contributed by atoms with van der Waals surface area (Å²) in [4.78, 5) is 22.9. The van der Waals surface area contributed by atoms with Crippen LogP contribution in [0.25, 0.3) is 0 Å². The summed E-state index contributed by atoms with van der Waals surface area (Å²) in [5.74, 6) is -0.220. The summed E-state index contributed by atoms with van der Waals surface area (Å²) < 4.78 is 10.8. The second kappa shape index (κ2) is 8.73. The highest BCUT2D eigenvalue weighted by Gasteiger charge is 2.18. The number of hydrogen-bond acceptors (Lipinski definition) is 4.